The molecule has 0 saturated carbocycles. The van der Waals surface area contributed by atoms with Gasteiger partial charge in [0.15, 0.2) is 0 Å². The van der Waals surface area contributed by atoms with Crippen LogP contribution < -0.4 is 5.32 Å². The number of benzene rings is 1. The molecule has 1 heteroatoms. The van der Waals surface area contributed by atoms with Crippen molar-refractivity contribution in [2.45, 2.75) is 84.6 Å². The Kier molecular flexibility index (Phi) is 3.92. The molecule has 0 bridgehead atoms. The van der Waals surface area contributed by atoms with Gasteiger partial charge in [0.1, 0.15) is 0 Å². The van der Waals surface area contributed by atoms with Crippen molar-refractivity contribution in [1.29, 1.82) is 0 Å². The van der Waals surface area contributed by atoms with E-state index in [1.54, 1.807) is 0 Å². The first-order chi connectivity index (χ1) is 9.13. The van der Waals surface area contributed by atoms with Crippen molar-refractivity contribution >= 4 is 5.69 Å². The van der Waals surface area contributed by atoms with Gasteiger partial charge in [-0.15, -0.1) is 0 Å². The molecule has 0 spiro atoms. The van der Waals surface area contributed by atoms with Gasteiger partial charge in [0.2, 0.25) is 0 Å². The van der Waals surface area contributed by atoms with E-state index in [1.807, 2.05) is 0 Å². The number of hydrogen-bond donors (Lipinski definition) is 1. The number of rotatable bonds is 2. The summed E-state index contributed by atoms with van der Waals surface area (Å²) in [5.41, 5.74) is 6.31. The van der Waals surface area contributed by atoms with E-state index in [0.717, 1.165) is 0 Å². The highest BCUT2D eigenvalue weighted by molar-refractivity contribution is 5.62. The fourth-order valence-corrected chi connectivity index (χ4v) is 3.25. The van der Waals surface area contributed by atoms with Crippen LogP contribution in [0.15, 0.2) is 12.1 Å². The topological polar surface area (TPSA) is 12.0 Å². The molecule has 0 aliphatic carbocycles. The molecule has 1 aromatic rings. The van der Waals surface area contributed by atoms with Crippen molar-refractivity contribution in [3.05, 3.63) is 28.8 Å². The van der Waals surface area contributed by atoms with Gasteiger partial charge in [-0.1, -0.05) is 61.0 Å². The van der Waals surface area contributed by atoms with Gasteiger partial charge in [0.05, 0.1) is 0 Å². The van der Waals surface area contributed by atoms with E-state index in [1.165, 1.54) is 41.6 Å². The third-order valence-corrected chi connectivity index (χ3v) is 4.32. The maximum Gasteiger partial charge on any atom is 0.0378 e. The molecular formula is C19H31N. The van der Waals surface area contributed by atoms with E-state index in [2.05, 4.69) is 65.9 Å². The normalized spacial score (nSPS) is 18.9. The average molecular weight is 273 g/mol. The zero-order chi connectivity index (χ0) is 15.1. The van der Waals surface area contributed by atoms with Crippen molar-refractivity contribution in [2.75, 3.05) is 5.32 Å². The smallest absolute Gasteiger partial charge is 0.0378 e. The molecule has 1 nitrogen and oxygen atoms in total. The fourth-order valence-electron chi connectivity index (χ4n) is 3.25. The predicted molar refractivity (Wildman–Crippen MR) is 89.9 cm³/mol. The van der Waals surface area contributed by atoms with Crippen molar-refractivity contribution in [3.8, 4) is 0 Å². The summed E-state index contributed by atoms with van der Waals surface area (Å²) in [5, 5.41) is 3.73. The van der Waals surface area contributed by atoms with Crippen LogP contribution in [0.2, 0.25) is 0 Å². The molecule has 1 N–H and O–H groups in total. The van der Waals surface area contributed by atoms with Crippen LogP contribution in [0.1, 0.15) is 78.0 Å². The van der Waals surface area contributed by atoms with Crippen LogP contribution in [0, 0.1) is 0 Å². The molecule has 0 radical (unpaired) electrons. The predicted octanol–water partition coefficient (Wildman–Crippen LogP) is 5.42. The van der Waals surface area contributed by atoms with Crippen molar-refractivity contribution in [2.24, 2.45) is 0 Å². The molecule has 0 amide bonds. The highest BCUT2D eigenvalue weighted by Crippen LogP contribution is 2.40. The zero-order valence-electron chi connectivity index (χ0n) is 14.4. The third kappa shape index (κ3) is 3.02. The minimum Gasteiger partial charge on any atom is -0.382 e. The Balaban J connectivity index is 2.48. The molecule has 112 valence electrons. The summed E-state index contributed by atoms with van der Waals surface area (Å²) in [6.07, 6.45) is 3.71. The summed E-state index contributed by atoms with van der Waals surface area (Å²) in [6, 6.07) is 5.53. The second kappa shape index (κ2) is 5.09. The quantitative estimate of drug-likeness (QED) is 0.759. The van der Waals surface area contributed by atoms with Gasteiger partial charge in [-0.05, 0) is 46.4 Å². The number of nitrogens with one attached hydrogen (secondary N) is 1. The Labute approximate surface area is 125 Å². The van der Waals surface area contributed by atoms with Crippen LogP contribution in [0.5, 0.6) is 0 Å². The Morgan fingerprint density at radius 3 is 2.05 bits per heavy atom. The maximum absolute atomic E-state index is 3.73. The molecular weight excluding hydrogens is 242 g/mol. The lowest BCUT2D eigenvalue weighted by atomic mass is 9.74. The molecule has 1 aromatic carbocycles. The van der Waals surface area contributed by atoms with Crippen LogP contribution >= 0.6 is 0 Å². The lowest BCUT2D eigenvalue weighted by molar-refractivity contribution is 0.530. The molecule has 0 fully saturated rings. The first-order valence-corrected chi connectivity index (χ1v) is 8.07. The van der Waals surface area contributed by atoms with Gasteiger partial charge in [-0.25, -0.2) is 0 Å². The highest BCUT2D eigenvalue weighted by atomic mass is 14.9. The molecule has 1 unspecified atom stereocenters. The summed E-state index contributed by atoms with van der Waals surface area (Å²) in [7, 11) is 0. The lowest BCUT2D eigenvalue weighted by Gasteiger charge is -2.31. The van der Waals surface area contributed by atoms with Crippen molar-refractivity contribution in [3.63, 3.8) is 0 Å². The number of anilines is 1. The SMILES string of the molecule is CCCC1Cc2cc(C(C)(C)C)c(C(C)(C)C)cc2N1. The summed E-state index contributed by atoms with van der Waals surface area (Å²) >= 11 is 0. The van der Waals surface area contributed by atoms with Crippen LogP contribution in [-0.4, -0.2) is 6.04 Å². The van der Waals surface area contributed by atoms with E-state index < -0.39 is 0 Å². The first kappa shape index (κ1) is 15.4. The Morgan fingerprint density at radius 1 is 1.00 bits per heavy atom. The van der Waals surface area contributed by atoms with Gasteiger partial charge >= 0.3 is 0 Å². The van der Waals surface area contributed by atoms with E-state index in [0.29, 0.717) is 6.04 Å². The Morgan fingerprint density at radius 2 is 1.55 bits per heavy atom. The van der Waals surface area contributed by atoms with Crippen LogP contribution in [0.4, 0.5) is 5.69 Å². The molecule has 20 heavy (non-hydrogen) atoms. The minimum absolute atomic E-state index is 0.197. The van der Waals surface area contributed by atoms with E-state index in [9.17, 15) is 0 Å². The summed E-state index contributed by atoms with van der Waals surface area (Å²) in [6.45, 7) is 16.2. The highest BCUT2D eigenvalue weighted by Gasteiger charge is 2.29. The average Bonchev–Trinajstić information content (AvgIpc) is 2.66. The fraction of sp³-hybridized carbons (Fsp3) is 0.684. The van der Waals surface area contributed by atoms with E-state index in [4.69, 9.17) is 0 Å². The number of hydrogen-bond acceptors (Lipinski definition) is 1. The molecule has 2 rings (SSSR count). The van der Waals surface area contributed by atoms with Crippen LogP contribution in [-0.2, 0) is 17.3 Å². The standard InChI is InChI=1S/C19H31N/c1-8-9-14-10-13-11-15(18(2,3)4)16(19(5,6)7)12-17(13)20-14/h11-12,14,20H,8-10H2,1-7H3. The maximum atomic E-state index is 3.73. The van der Waals surface area contributed by atoms with Gasteiger partial charge < -0.3 is 5.32 Å². The number of fused-ring (bicyclic) bond motifs is 1. The molecule has 0 aromatic heterocycles. The summed E-state index contributed by atoms with van der Waals surface area (Å²) in [4.78, 5) is 0. The summed E-state index contributed by atoms with van der Waals surface area (Å²) < 4.78 is 0. The zero-order valence-corrected chi connectivity index (χ0v) is 14.4. The second-order valence-corrected chi connectivity index (χ2v) is 8.39. The molecule has 0 saturated heterocycles. The van der Waals surface area contributed by atoms with Crippen LogP contribution in [0.3, 0.4) is 0 Å². The lowest BCUT2D eigenvalue weighted by Crippen LogP contribution is -2.22. The van der Waals surface area contributed by atoms with Crippen LogP contribution in [0.25, 0.3) is 0 Å². The Hall–Kier alpha value is -0.980. The third-order valence-electron chi connectivity index (χ3n) is 4.32. The second-order valence-electron chi connectivity index (χ2n) is 8.39. The van der Waals surface area contributed by atoms with E-state index in [-0.39, 0.29) is 10.8 Å². The monoisotopic (exact) mass is 273 g/mol. The molecule has 1 atom stereocenters. The summed E-state index contributed by atoms with van der Waals surface area (Å²) in [5.74, 6) is 0. The molecule has 1 aliphatic rings. The van der Waals surface area contributed by atoms with Crippen molar-refractivity contribution in [1.82, 2.24) is 0 Å². The Bertz CT molecular complexity index is 443. The van der Waals surface area contributed by atoms with Gasteiger partial charge in [0.25, 0.3) is 0 Å². The first-order valence-electron chi connectivity index (χ1n) is 8.07. The van der Waals surface area contributed by atoms with Crippen molar-refractivity contribution < 1.29 is 0 Å². The minimum atomic E-state index is 0.197. The van der Waals surface area contributed by atoms with Gasteiger partial charge in [-0.3, -0.25) is 0 Å². The van der Waals surface area contributed by atoms with E-state index >= 15 is 0 Å². The largest absolute Gasteiger partial charge is 0.382 e. The molecule has 1 heterocycles. The van der Waals surface area contributed by atoms with Gasteiger partial charge in [-0.2, -0.15) is 0 Å². The molecule has 1 aliphatic heterocycles. The van der Waals surface area contributed by atoms with Gasteiger partial charge in [0, 0.05) is 11.7 Å².